The molecular weight excluding hydrogens is 530 g/mol. The lowest BCUT2D eigenvalue weighted by atomic mass is 9.58. The molecule has 1 aliphatic carbocycles. The van der Waals surface area contributed by atoms with E-state index in [0.29, 0.717) is 27.9 Å². The summed E-state index contributed by atoms with van der Waals surface area (Å²) in [6.45, 7) is 11.4. The number of carbonyl (C=O) groups excluding carboxylic acids is 1. The Hall–Kier alpha value is -3.00. The summed E-state index contributed by atoms with van der Waals surface area (Å²) in [5.41, 5.74) is 2.43. The van der Waals surface area contributed by atoms with Crippen LogP contribution < -0.4 is 16.2 Å². The number of aromatic nitrogens is 3. The zero-order valence-electron chi connectivity index (χ0n) is 22.1. The number of nitrogens with one attached hydrogen (secondary N) is 2. The third-order valence-corrected chi connectivity index (χ3v) is 9.34. The molecule has 0 bridgehead atoms. The van der Waals surface area contributed by atoms with Crippen LogP contribution in [0.1, 0.15) is 58.2 Å². The van der Waals surface area contributed by atoms with Gasteiger partial charge < -0.3 is 10.6 Å². The van der Waals surface area contributed by atoms with Gasteiger partial charge in [0.2, 0.25) is 5.91 Å². The van der Waals surface area contributed by atoms with Gasteiger partial charge in [-0.05, 0) is 68.8 Å². The summed E-state index contributed by atoms with van der Waals surface area (Å²) < 4.78 is 1.58. The van der Waals surface area contributed by atoms with Crippen LogP contribution in [0.3, 0.4) is 0 Å². The minimum atomic E-state index is -0.363. The lowest BCUT2D eigenvalue weighted by Crippen LogP contribution is -2.48. The highest BCUT2D eigenvalue weighted by atomic mass is 79.9. The summed E-state index contributed by atoms with van der Waals surface area (Å²) in [5.74, 6) is 1.21. The molecule has 0 spiro atoms. The average molecular weight is 567 g/mol. The van der Waals surface area contributed by atoms with Crippen molar-refractivity contribution in [2.75, 3.05) is 5.32 Å². The van der Waals surface area contributed by atoms with E-state index in [1.54, 1.807) is 18.6 Å². The van der Waals surface area contributed by atoms with Gasteiger partial charge in [0.25, 0.3) is 5.56 Å². The summed E-state index contributed by atoms with van der Waals surface area (Å²) in [7, 11) is 0. The van der Waals surface area contributed by atoms with Crippen LogP contribution in [0.15, 0.2) is 70.3 Å². The van der Waals surface area contributed by atoms with Crippen molar-refractivity contribution in [2.45, 2.75) is 59.7 Å². The van der Waals surface area contributed by atoms with E-state index in [0.717, 1.165) is 17.5 Å². The fourth-order valence-corrected chi connectivity index (χ4v) is 5.77. The minimum Gasteiger partial charge on any atom is -0.380 e. The van der Waals surface area contributed by atoms with Gasteiger partial charge in [0.15, 0.2) is 0 Å². The monoisotopic (exact) mass is 565 g/mol. The highest BCUT2D eigenvalue weighted by molar-refractivity contribution is 9.10. The summed E-state index contributed by atoms with van der Waals surface area (Å²) in [6.07, 6.45) is 6.05. The first-order chi connectivity index (χ1) is 17.6. The Labute approximate surface area is 227 Å². The second-order valence-corrected chi connectivity index (χ2v) is 11.7. The molecule has 7 nitrogen and oxygen atoms in total. The van der Waals surface area contributed by atoms with Crippen LogP contribution in [0.4, 0.5) is 5.69 Å². The fraction of sp³-hybridized carbons (Fsp3) is 0.448. The molecule has 0 saturated heterocycles. The summed E-state index contributed by atoms with van der Waals surface area (Å²) in [4.78, 5) is 30.3. The Morgan fingerprint density at radius 2 is 1.76 bits per heavy atom. The van der Waals surface area contributed by atoms with Crippen LogP contribution in [0.25, 0.3) is 0 Å². The molecule has 0 aliphatic heterocycles. The van der Waals surface area contributed by atoms with Crippen molar-refractivity contribution in [3.8, 4) is 0 Å². The minimum absolute atomic E-state index is 0.186. The zero-order chi connectivity index (χ0) is 26.7. The molecule has 0 radical (unpaired) electrons. The Morgan fingerprint density at radius 1 is 1.11 bits per heavy atom. The number of nitrogens with zero attached hydrogens (tertiary/aromatic N) is 3. The first kappa shape index (κ1) is 27.0. The molecule has 1 aliphatic rings. The second-order valence-electron chi connectivity index (χ2n) is 10.9. The quantitative estimate of drug-likeness (QED) is 0.399. The maximum atomic E-state index is 13.1. The molecule has 1 amide bonds. The van der Waals surface area contributed by atoms with E-state index in [-0.39, 0.29) is 35.5 Å². The van der Waals surface area contributed by atoms with E-state index >= 15 is 0 Å². The van der Waals surface area contributed by atoms with Gasteiger partial charge in [-0.2, -0.15) is 5.10 Å². The number of hydrogen-bond acceptors (Lipinski definition) is 5. The zero-order valence-corrected chi connectivity index (χ0v) is 23.7. The largest absolute Gasteiger partial charge is 0.380 e. The Bertz CT molecular complexity index is 1240. The Balaban J connectivity index is 1.49. The van der Waals surface area contributed by atoms with Crippen LogP contribution in [-0.4, -0.2) is 26.7 Å². The molecule has 1 aromatic carbocycles. The average Bonchev–Trinajstić information content (AvgIpc) is 2.90. The first-order valence-corrected chi connectivity index (χ1v) is 13.6. The van der Waals surface area contributed by atoms with E-state index in [4.69, 9.17) is 0 Å². The first-order valence-electron chi connectivity index (χ1n) is 12.9. The van der Waals surface area contributed by atoms with Crippen LogP contribution in [0.2, 0.25) is 0 Å². The van der Waals surface area contributed by atoms with Crippen LogP contribution in [0, 0.1) is 23.2 Å². The Morgan fingerprint density at radius 3 is 2.43 bits per heavy atom. The second kappa shape index (κ2) is 11.2. The molecule has 1 fully saturated rings. The van der Waals surface area contributed by atoms with Gasteiger partial charge in [-0.1, -0.05) is 65.0 Å². The maximum absolute atomic E-state index is 13.1. The van der Waals surface area contributed by atoms with Crippen molar-refractivity contribution in [1.82, 2.24) is 20.1 Å². The van der Waals surface area contributed by atoms with Gasteiger partial charge in [-0.15, -0.1) is 0 Å². The normalized spacial score (nSPS) is 23.7. The molecular formula is C29H36BrN5O2. The van der Waals surface area contributed by atoms with Gasteiger partial charge >= 0.3 is 0 Å². The van der Waals surface area contributed by atoms with Gasteiger partial charge in [0, 0.05) is 18.4 Å². The number of anilines is 1. The third-order valence-electron chi connectivity index (χ3n) is 8.57. The lowest BCUT2D eigenvalue weighted by Gasteiger charge is -2.50. The summed E-state index contributed by atoms with van der Waals surface area (Å²) in [6, 6.07) is 13.3. The van der Waals surface area contributed by atoms with E-state index < -0.39 is 0 Å². The lowest BCUT2D eigenvalue weighted by molar-refractivity contribution is -0.122. The van der Waals surface area contributed by atoms with Crippen molar-refractivity contribution < 1.29 is 4.79 Å². The molecule has 2 aromatic heterocycles. The molecule has 1 saturated carbocycles. The Kier molecular flexibility index (Phi) is 8.17. The molecule has 2 N–H and O–H groups in total. The third kappa shape index (κ3) is 5.79. The van der Waals surface area contributed by atoms with E-state index in [2.05, 4.69) is 71.3 Å². The summed E-state index contributed by atoms with van der Waals surface area (Å²) in [5, 5.41) is 10.9. The topological polar surface area (TPSA) is 88.9 Å². The number of carbonyl (C=O) groups is 1. The molecule has 8 heteroatoms. The van der Waals surface area contributed by atoms with E-state index in [1.165, 1.54) is 4.68 Å². The van der Waals surface area contributed by atoms with Crippen molar-refractivity contribution >= 4 is 27.5 Å². The standard InChI is InChI=1S/C29H36BrN5O2/c1-18-15-23(19(2)20(3)29(18,4)5)33-24-16-32-35(28(37)26(24)30)17-25(36)34-27(21-9-7-6-8-10-21)22-11-13-31-14-12-22/h6-14,16,18-20,23,27,33H,15,17H2,1-5H3,(H,34,36)/t18-,19+,20+,23+,27?/m0/s1. The SMILES string of the molecule is C[C@@H]1[C@@H](C)C(C)(C)[C@@H](C)C[C@H]1Nc1cnn(CC(=O)NC(c2ccccc2)c2ccncc2)c(=O)c1Br. The van der Waals surface area contributed by atoms with Crippen molar-refractivity contribution in [3.05, 3.63) is 87.0 Å². The molecule has 196 valence electrons. The van der Waals surface area contributed by atoms with Crippen molar-refractivity contribution in [1.29, 1.82) is 0 Å². The van der Waals surface area contributed by atoms with Crippen LogP contribution in [-0.2, 0) is 11.3 Å². The van der Waals surface area contributed by atoms with Crippen molar-refractivity contribution in [2.24, 2.45) is 23.2 Å². The number of amides is 1. The number of halogens is 1. The van der Waals surface area contributed by atoms with E-state index in [9.17, 15) is 9.59 Å². The number of hydrogen-bond donors (Lipinski definition) is 2. The predicted octanol–water partition coefficient (Wildman–Crippen LogP) is 5.43. The summed E-state index contributed by atoms with van der Waals surface area (Å²) >= 11 is 3.47. The predicted molar refractivity (Wildman–Crippen MR) is 150 cm³/mol. The highest BCUT2D eigenvalue weighted by Gasteiger charge is 2.43. The van der Waals surface area contributed by atoms with Gasteiger partial charge in [-0.25, -0.2) is 4.68 Å². The van der Waals surface area contributed by atoms with Crippen LogP contribution >= 0.6 is 15.9 Å². The molecule has 1 unspecified atom stereocenters. The van der Waals surface area contributed by atoms with Crippen LogP contribution in [0.5, 0.6) is 0 Å². The van der Waals surface area contributed by atoms with Gasteiger partial charge in [0.1, 0.15) is 11.0 Å². The molecule has 5 atom stereocenters. The maximum Gasteiger partial charge on any atom is 0.283 e. The molecule has 4 rings (SSSR count). The fourth-order valence-electron chi connectivity index (χ4n) is 5.35. The highest BCUT2D eigenvalue weighted by Crippen LogP contribution is 2.48. The van der Waals surface area contributed by atoms with Gasteiger partial charge in [-0.3, -0.25) is 14.6 Å². The van der Waals surface area contributed by atoms with E-state index in [1.807, 2.05) is 42.5 Å². The molecule has 3 aromatic rings. The van der Waals surface area contributed by atoms with Crippen molar-refractivity contribution in [3.63, 3.8) is 0 Å². The number of pyridine rings is 1. The number of rotatable bonds is 7. The molecule has 2 heterocycles. The van der Waals surface area contributed by atoms with Gasteiger partial charge in [0.05, 0.1) is 17.9 Å². The number of benzene rings is 1. The smallest absolute Gasteiger partial charge is 0.283 e. The molecule has 37 heavy (non-hydrogen) atoms.